The number of fused-ring (bicyclic) bond motifs is 1. The summed E-state index contributed by atoms with van der Waals surface area (Å²) in [6.07, 6.45) is 1.76. The van der Waals surface area contributed by atoms with E-state index in [1.54, 1.807) is 24.3 Å². The molecule has 0 saturated carbocycles. The monoisotopic (exact) mass is 358 g/mol. The van der Waals surface area contributed by atoms with Crippen molar-refractivity contribution in [3.63, 3.8) is 0 Å². The van der Waals surface area contributed by atoms with Gasteiger partial charge in [0.2, 0.25) is 0 Å². The van der Waals surface area contributed by atoms with Crippen LogP contribution in [0.5, 0.6) is 0 Å². The van der Waals surface area contributed by atoms with Crippen LogP contribution in [0.25, 0.3) is 0 Å². The lowest BCUT2D eigenvalue weighted by molar-refractivity contribution is 0.0695. The van der Waals surface area contributed by atoms with Crippen LogP contribution in [0.1, 0.15) is 64.3 Å². The molecule has 4 N–H and O–H groups in total. The zero-order valence-electron chi connectivity index (χ0n) is 14.6. The molecule has 1 aliphatic rings. The minimum atomic E-state index is -0.989. The van der Waals surface area contributed by atoms with Gasteiger partial charge in [-0.1, -0.05) is 20.8 Å². The third kappa shape index (κ3) is 3.39. The fourth-order valence-electron chi connectivity index (χ4n) is 3.69. The second kappa shape index (κ2) is 6.19. The SMILES string of the molecule is CC1CC(C)(C)Cc2sc(NC(=O)c3ccc(N)cc3)c(C(=O)O)c21. The summed E-state index contributed by atoms with van der Waals surface area (Å²) in [6.45, 7) is 6.45. The number of rotatable bonds is 3. The maximum atomic E-state index is 12.5. The zero-order valence-corrected chi connectivity index (χ0v) is 15.4. The molecule has 0 radical (unpaired) electrons. The van der Waals surface area contributed by atoms with E-state index in [2.05, 4.69) is 26.1 Å². The summed E-state index contributed by atoms with van der Waals surface area (Å²) < 4.78 is 0. The Morgan fingerprint density at radius 2 is 1.92 bits per heavy atom. The highest BCUT2D eigenvalue weighted by Gasteiger charge is 2.36. The summed E-state index contributed by atoms with van der Waals surface area (Å²) in [5.41, 5.74) is 7.92. The molecule has 132 valence electrons. The average molecular weight is 358 g/mol. The number of carbonyl (C=O) groups excluding carboxylic acids is 1. The van der Waals surface area contributed by atoms with Gasteiger partial charge in [0.15, 0.2) is 0 Å². The smallest absolute Gasteiger partial charge is 0.339 e. The first-order valence-corrected chi connectivity index (χ1v) is 9.05. The second-order valence-corrected chi connectivity index (χ2v) is 8.58. The van der Waals surface area contributed by atoms with Crippen molar-refractivity contribution in [2.24, 2.45) is 5.41 Å². The van der Waals surface area contributed by atoms with Crippen molar-refractivity contribution in [1.82, 2.24) is 0 Å². The number of aromatic carboxylic acids is 1. The quantitative estimate of drug-likeness (QED) is 0.711. The topological polar surface area (TPSA) is 92.4 Å². The number of hydrogen-bond donors (Lipinski definition) is 3. The fraction of sp³-hybridized carbons (Fsp3) is 0.368. The van der Waals surface area contributed by atoms with Crippen LogP contribution in [0.3, 0.4) is 0 Å². The van der Waals surface area contributed by atoms with Crippen molar-refractivity contribution < 1.29 is 14.7 Å². The standard InChI is InChI=1S/C19H22N2O3S/c1-10-8-19(2,3)9-13-14(10)15(18(23)24)17(25-13)21-16(22)11-4-6-12(20)7-5-11/h4-7,10H,8-9,20H2,1-3H3,(H,21,22)(H,23,24). The molecule has 3 rings (SSSR count). The highest BCUT2D eigenvalue weighted by molar-refractivity contribution is 7.17. The minimum absolute atomic E-state index is 0.130. The summed E-state index contributed by atoms with van der Waals surface area (Å²) in [5, 5.41) is 12.9. The number of anilines is 2. The number of thiophene rings is 1. The summed E-state index contributed by atoms with van der Waals surface area (Å²) >= 11 is 1.39. The molecule has 0 bridgehead atoms. The van der Waals surface area contributed by atoms with E-state index in [1.807, 2.05) is 0 Å². The predicted octanol–water partition coefficient (Wildman–Crippen LogP) is 4.36. The van der Waals surface area contributed by atoms with Crippen molar-refractivity contribution in [1.29, 1.82) is 0 Å². The number of nitrogens with one attached hydrogen (secondary N) is 1. The average Bonchev–Trinajstić information content (AvgIpc) is 2.84. The Morgan fingerprint density at radius 1 is 1.28 bits per heavy atom. The van der Waals surface area contributed by atoms with E-state index in [1.165, 1.54) is 11.3 Å². The third-order valence-electron chi connectivity index (χ3n) is 4.63. The fourth-order valence-corrected chi connectivity index (χ4v) is 5.26. The molecule has 0 aliphatic heterocycles. The van der Waals surface area contributed by atoms with Crippen molar-refractivity contribution in [3.05, 3.63) is 45.8 Å². The Balaban J connectivity index is 1.98. The number of benzene rings is 1. The van der Waals surface area contributed by atoms with Crippen LogP contribution in [0, 0.1) is 5.41 Å². The van der Waals surface area contributed by atoms with Crippen LogP contribution >= 0.6 is 11.3 Å². The maximum absolute atomic E-state index is 12.5. The van der Waals surface area contributed by atoms with E-state index in [-0.39, 0.29) is 22.8 Å². The summed E-state index contributed by atoms with van der Waals surface area (Å²) in [6, 6.07) is 6.56. The first-order valence-electron chi connectivity index (χ1n) is 8.24. The molecule has 0 fully saturated rings. The number of nitrogen functional groups attached to an aromatic ring is 1. The lowest BCUT2D eigenvalue weighted by atomic mass is 9.72. The lowest BCUT2D eigenvalue weighted by Crippen LogP contribution is -2.24. The number of hydrogen-bond acceptors (Lipinski definition) is 4. The Bertz CT molecular complexity index is 837. The highest BCUT2D eigenvalue weighted by atomic mass is 32.1. The molecule has 1 amide bonds. The molecule has 1 aliphatic carbocycles. The van der Waals surface area contributed by atoms with Gasteiger partial charge in [-0.05, 0) is 54.0 Å². The molecule has 0 saturated heterocycles. The van der Waals surface area contributed by atoms with E-state index in [0.29, 0.717) is 16.3 Å². The van der Waals surface area contributed by atoms with Crippen molar-refractivity contribution in [3.8, 4) is 0 Å². The van der Waals surface area contributed by atoms with Gasteiger partial charge in [-0.3, -0.25) is 4.79 Å². The predicted molar refractivity (Wildman–Crippen MR) is 101 cm³/mol. The molecule has 2 aromatic rings. The van der Waals surface area contributed by atoms with Crippen LogP contribution in [0.15, 0.2) is 24.3 Å². The molecule has 1 atom stereocenters. The Hall–Kier alpha value is -2.34. The van der Waals surface area contributed by atoms with Crippen LogP contribution in [0.2, 0.25) is 0 Å². The molecular weight excluding hydrogens is 336 g/mol. The molecule has 1 aromatic heterocycles. The number of nitrogens with two attached hydrogens (primary N) is 1. The van der Waals surface area contributed by atoms with Gasteiger partial charge in [-0.2, -0.15) is 0 Å². The van der Waals surface area contributed by atoms with Crippen molar-refractivity contribution >= 4 is 33.9 Å². The molecule has 5 nitrogen and oxygen atoms in total. The normalized spacial score (nSPS) is 18.4. The van der Waals surface area contributed by atoms with Crippen LogP contribution in [-0.4, -0.2) is 17.0 Å². The van der Waals surface area contributed by atoms with E-state index in [4.69, 9.17) is 5.73 Å². The Morgan fingerprint density at radius 3 is 2.52 bits per heavy atom. The number of carboxylic acid groups (broad SMARTS) is 1. The van der Waals surface area contributed by atoms with Gasteiger partial charge in [0.05, 0.1) is 5.56 Å². The molecule has 1 unspecified atom stereocenters. The maximum Gasteiger partial charge on any atom is 0.339 e. The van der Waals surface area contributed by atoms with E-state index in [9.17, 15) is 14.7 Å². The molecule has 0 spiro atoms. The van der Waals surface area contributed by atoms with Crippen LogP contribution < -0.4 is 11.1 Å². The Kier molecular flexibility index (Phi) is 4.33. The zero-order chi connectivity index (χ0) is 18.4. The van der Waals surface area contributed by atoms with E-state index >= 15 is 0 Å². The third-order valence-corrected chi connectivity index (χ3v) is 5.75. The van der Waals surface area contributed by atoms with E-state index < -0.39 is 5.97 Å². The van der Waals surface area contributed by atoms with E-state index in [0.717, 1.165) is 23.3 Å². The number of carboxylic acids is 1. The van der Waals surface area contributed by atoms with Gasteiger partial charge in [-0.15, -0.1) is 11.3 Å². The molecule has 1 heterocycles. The van der Waals surface area contributed by atoms with Crippen molar-refractivity contribution in [2.45, 2.75) is 39.5 Å². The van der Waals surface area contributed by atoms with Gasteiger partial charge in [0, 0.05) is 16.1 Å². The molecular formula is C19H22N2O3S. The van der Waals surface area contributed by atoms with Crippen molar-refractivity contribution in [2.75, 3.05) is 11.1 Å². The molecule has 25 heavy (non-hydrogen) atoms. The lowest BCUT2D eigenvalue weighted by Gasteiger charge is -2.33. The first-order chi connectivity index (χ1) is 11.7. The molecule has 6 heteroatoms. The summed E-state index contributed by atoms with van der Waals surface area (Å²) in [7, 11) is 0. The van der Waals surface area contributed by atoms with Gasteiger partial charge < -0.3 is 16.2 Å². The van der Waals surface area contributed by atoms with Crippen LogP contribution in [-0.2, 0) is 6.42 Å². The number of carbonyl (C=O) groups is 2. The van der Waals surface area contributed by atoms with Gasteiger partial charge >= 0.3 is 5.97 Å². The largest absolute Gasteiger partial charge is 0.478 e. The highest BCUT2D eigenvalue weighted by Crippen LogP contribution is 2.49. The molecule has 1 aromatic carbocycles. The van der Waals surface area contributed by atoms with Gasteiger partial charge in [0.1, 0.15) is 5.00 Å². The van der Waals surface area contributed by atoms with Gasteiger partial charge in [-0.25, -0.2) is 4.79 Å². The second-order valence-electron chi connectivity index (χ2n) is 7.47. The summed E-state index contributed by atoms with van der Waals surface area (Å²) in [4.78, 5) is 25.4. The minimum Gasteiger partial charge on any atom is -0.478 e. The number of amides is 1. The Labute approximate surface area is 150 Å². The summed E-state index contributed by atoms with van der Waals surface area (Å²) in [5.74, 6) is -1.16. The first kappa shape index (κ1) is 17.5. The van der Waals surface area contributed by atoms with Crippen LogP contribution in [0.4, 0.5) is 10.7 Å². The van der Waals surface area contributed by atoms with Gasteiger partial charge in [0.25, 0.3) is 5.91 Å².